The van der Waals surface area contributed by atoms with Gasteiger partial charge in [-0.2, -0.15) is 0 Å². The van der Waals surface area contributed by atoms with E-state index in [0.717, 1.165) is 26.3 Å². The fourth-order valence-corrected chi connectivity index (χ4v) is 3.79. The average molecular weight is 464 g/mol. The van der Waals surface area contributed by atoms with Crippen molar-refractivity contribution in [3.05, 3.63) is 39.9 Å². The Morgan fingerprint density at radius 3 is 2.12 bits per heavy atom. The van der Waals surface area contributed by atoms with Gasteiger partial charge < -0.3 is 39.7 Å². The highest BCUT2D eigenvalue weighted by molar-refractivity contribution is 7.80. The SMILES string of the molecule is C1COCC[NH2+]1.COC(=O)C1=C(C)NC(=S)C(=C=[N-])C1c1cc(OC)c(OC)c(OC)c1. The van der Waals surface area contributed by atoms with Crippen LogP contribution in [0.1, 0.15) is 18.4 Å². The van der Waals surface area contributed by atoms with Gasteiger partial charge in [0.2, 0.25) is 5.75 Å². The summed E-state index contributed by atoms with van der Waals surface area (Å²) in [5.74, 6) is 2.06. The van der Waals surface area contributed by atoms with Crippen molar-refractivity contribution in [3.63, 3.8) is 0 Å². The van der Waals surface area contributed by atoms with Crippen LogP contribution >= 0.6 is 12.2 Å². The molecule has 2 heterocycles. The molecule has 0 bridgehead atoms. The molecule has 3 rings (SSSR count). The van der Waals surface area contributed by atoms with E-state index < -0.39 is 11.9 Å². The Labute approximate surface area is 193 Å². The maximum Gasteiger partial charge on any atom is 0.336 e. The molecule has 2 aliphatic heterocycles. The number of esters is 1. The molecule has 0 aromatic heterocycles. The molecular formula is C22H29N3O6S. The number of carbonyl (C=O) groups is 1. The van der Waals surface area contributed by atoms with Gasteiger partial charge in [-0.3, -0.25) is 5.87 Å². The molecule has 3 N–H and O–H groups in total. The fourth-order valence-electron chi connectivity index (χ4n) is 3.47. The van der Waals surface area contributed by atoms with Crippen molar-refractivity contribution in [2.24, 2.45) is 0 Å². The molecule has 9 nitrogen and oxygen atoms in total. The van der Waals surface area contributed by atoms with E-state index in [1.165, 1.54) is 28.4 Å². The second-order valence-corrected chi connectivity index (χ2v) is 7.29. The molecule has 2 aliphatic rings. The highest BCUT2D eigenvalue weighted by Gasteiger charge is 2.35. The van der Waals surface area contributed by atoms with Crippen LogP contribution in [0.5, 0.6) is 17.2 Å². The first-order valence-electron chi connectivity index (χ1n) is 10.00. The summed E-state index contributed by atoms with van der Waals surface area (Å²) in [5.41, 5.74) is 1.66. The second-order valence-electron chi connectivity index (χ2n) is 6.88. The number of thiocarbonyl (C=S) groups is 1. The minimum atomic E-state index is -0.713. The van der Waals surface area contributed by atoms with Gasteiger partial charge in [-0.25, -0.2) is 4.79 Å². The van der Waals surface area contributed by atoms with E-state index >= 15 is 0 Å². The molecule has 0 spiro atoms. The number of ether oxygens (including phenoxy) is 5. The van der Waals surface area contributed by atoms with Crippen LogP contribution in [0.25, 0.3) is 5.41 Å². The van der Waals surface area contributed by atoms with Crippen LogP contribution in [0.2, 0.25) is 0 Å². The monoisotopic (exact) mass is 463 g/mol. The third-order valence-corrected chi connectivity index (χ3v) is 5.33. The standard InChI is InChI=1S/C18H19N2O5S.C4H9NO/c1-9-14(18(21)25-5)15(11(8-19)17(26)20-9)10-6-12(22-2)16(24-4)13(7-10)23-3;1-3-6-4-2-5-1/h6-7,15H,1-5H3,(H,20,26);5H,1-4H2/q-1;/p+1. The molecule has 1 fully saturated rings. The van der Waals surface area contributed by atoms with E-state index in [1.807, 2.05) is 0 Å². The number of allylic oxidation sites excluding steroid dienone is 1. The minimum Gasteiger partial charge on any atom is -0.763 e. The Hall–Kier alpha value is -2.91. The van der Waals surface area contributed by atoms with Crippen LogP contribution in [0.15, 0.2) is 29.0 Å². The van der Waals surface area contributed by atoms with Gasteiger partial charge in [-0.05, 0) is 24.6 Å². The lowest BCUT2D eigenvalue weighted by Gasteiger charge is -2.30. The van der Waals surface area contributed by atoms with Crippen LogP contribution in [0, 0.1) is 0 Å². The second kappa shape index (κ2) is 12.2. The third kappa shape index (κ3) is 5.66. The smallest absolute Gasteiger partial charge is 0.336 e. The summed E-state index contributed by atoms with van der Waals surface area (Å²) in [5, 5.41) is 14.8. The topological polar surface area (TPSA) is 114 Å². The number of methoxy groups -OCH3 is 4. The van der Waals surface area contributed by atoms with Crippen LogP contribution in [0.4, 0.5) is 0 Å². The molecule has 1 aromatic carbocycles. The van der Waals surface area contributed by atoms with Crippen molar-refractivity contribution in [3.8, 4) is 17.2 Å². The summed E-state index contributed by atoms with van der Waals surface area (Å²) in [4.78, 5) is 12.6. The van der Waals surface area contributed by atoms with Gasteiger partial charge >= 0.3 is 5.97 Å². The van der Waals surface area contributed by atoms with Crippen molar-refractivity contribution in [1.82, 2.24) is 5.32 Å². The predicted molar refractivity (Wildman–Crippen MR) is 124 cm³/mol. The first-order valence-corrected chi connectivity index (χ1v) is 10.4. The Balaban J connectivity index is 0.000000520. The van der Waals surface area contributed by atoms with Crippen molar-refractivity contribution >= 4 is 29.0 Å². The number of nitrogens with two attached hydrogens (primary N) is 1. The number of nitrogens with one attached hydrogen (secondary N) is 1. The zero-order valence-corrected chi connectivity index (χ0v) is 19.8. The molecule has 0 aliphatic carbocycles. The Bertz CT molecular complexity index is 899. The van der Waals surface area contributed by atoms with Crippen molar-refractivity contribution < 1.29 is 33.8 Å². The number of hydrogen-bond acceptors (Lipinski definition) is 7. The first kappa shape index (κ1) is 25.4. The Morgan fingerprint density at radius 2 is 1.75 bits per heavy atom. The van der Waals surface area contributed by atoms with E-state index in [4.69, 9.17) is 35.9 Å². The lowest BCUT2D eigenvalue weighted by atomic mass is 9.81. The number of morpholine rings is 1. The fraction of sp³-hybridized carbons (Fsp3) is 0.455. The number of carbonyl (C=O) groups excluding carboxylic acids is 1. The van der Waals surface area contributed by atoms with Crippen molar-refractivity contribution in [1.29, 1.82) is 0 Å². The molecule has 1 aromatic rings. The van der Waals surface area contributed by atoms with Gasteiger partial charge in [0, 0.05) is 11.3 Å². The highest BCUT2D eigenvalue weighted by atomic mass is 32.1. The number of benzene rings is 1. The Kier molecular flexibility index (Phi) is 9.67. The van der Waals surface area contributed by atoms with E-state index in [1.54, 1.807) is 19.1 Å². The highest BCUT2D eigenvalue weighted by Crippen LogP contribution is 2.44. The van der Waals surface area contributed by atoms with Crippen molar-refractivity contribution in [2.75, 3.05) is 54.7 Å². The molecule has 0 saturated carbocycles. The predicted octanol–water partition coefficient (Wildman–Crippen LogP) is 0.919. The molecule has 1 atom stereocenters. The summed E-state index contributed by atoms with van der Waals surface area (Å²) in [6.07, 6.45) is 0. The summed E-state index contributed by atoms with van der Waals surface area (Å²) < 4.78 is 26.0. The van der Waals surface area contributed by atoms with Gasteiger partial charge in [0.25, 0.3) is 0 Å². The zero-order chi connectivity index (χ0) is 23.7. The molecule has 0 amide bonds. The van der Waals surface area contributed by atoms with Crippen molar-refractivity contribution in [2.45, 2.75) is 12.8 Å². The van der Waals surface area contributed by atoms with Gasteiger partial charge in [-0.15, -0.1) is 0 Å². The Morgan fingerprint density at radius 1 is 1.16 bits per heavy atom. The maximum absolute atomic E-state index is 12.4. The summed E-state index contributed by atoms with van der Waals surface area (Å²) in [6.45, 7) is 5.90. The molecule has 174 valence electrons. The lowest BCUT2D eigenvalue weighted by molar-refractivity contribution is -0.670. The molecule has 1 saturated heterocycles. The molecular weight excluding hydrogens is 434 g/mol. The largest absolute Gasteiger partial charge is 0.763 e. The summed E-state index contributed by atoms with van der Waals surface area (Å²) in [7, 11) is 5.76. The van der Waals surface area contributed by atoms with Gasteiger partial charge in [-0.1, -0.05) is 12.2 Å². The van der Waals surface area contributed by atoms with Crippen LogP contribution < -0.4 is 24.8 Å². The summed E-state index contributed by atoms with van der Waals surface area (Å²) >= 11 is 5.28. The van der Waals surface area contributed by atoms with Gasteiger partial charge in [0.15, 0.2) is 11.5 Å². The zero-order valence-electron chi connectivity index (χ0n) is 18.9. The number of hydrogen-bond donors (Lipinski definition) is 2. The maximum atomic E-state index is 12.4. The van der Waals surface area contributed by atoms with E-state index in [9.17, 15) is 10.2 Å². The summed E-state index contributed by atoms with van der Waals surface area (Å²) in [6, 6.07) is 3.38. The van der Waals surface area contributed by atoms with Gasteiger partial charge in [0.05, 0.1) is 66.2 Å². The number of quaternary nitrogens is 1. The van der Waals surface area contributed by atoms with Gasteiger partial charge in [0.1, 0.15) is 4.99 Å². The first-order chi connectivity index (χ1) is 15.4. The minimum absolute atomic E-state index is 0.236. The molecule has 0 radical (unpaired) electrons. The quantitative estimate of drug-likeness (QED) is 0.287. The van der Waals surface area contributed by atoms with E-state index in [2.05, 4.69) is 16.5 Å². The normalized spacial score (nSPS) is 18.0. The van der Waals surface area contributed by atoms with E-state index in [-0.39, 0.29) is 10.6 Å². The lowest BCUT2D eigenvalue weighted by Crippen LogP contribution is -2.87. The van der Waals surface area contributed by atoms with Crippen LogP contribution in [-0.4, -0.2) is 71.6 Å². The molecule has 32 heavy (non-hydrogen) atoms. The number of nitrogens with zero attached hydrogens (tertiary/aromatic N) is 1. The third-order valence-electron chi connectivity index (χ3n) is 5.01. The number of rotatable bonds is 5. The van der Waals surface area contributed by atoms with E-state index in [0.29, 0.717) is 34.1 Å². The van der Waals surface area contributed by atoms with Crippen LogP contribution in [0.3, 0.4) is 0 Å². The average Bonchev–Trinajstić information content (AvgIpc) is 2.83. The van der Waals surface area contributed by atoms with Crippen LogP contribution in [-0.2, 0) is 14.3 Å². The molecule has 1 unspecified atom stereocenters. The molecule has 10 heteroatoms.